The summed E-state index contributed by atoms with van der Waals surface area (Å²) in [5.74, 6) is -0.734. The first-order chi connectivity index (χ1) is 5.70. The summed E-state index contributed by atoms with van der Waals surface area (Å²) in [6.07, 6.45) is 3.05. The Morgan fingerprint density at radius 2 is 1.77 bits per heavy atom. The quantitative estimate of drug-likeness (QED) is 0.407. The third-order valence-electron chi connectivity index (χ3n) is 1.60. The van der Waals surface area contributed by atoms with Crippen molar-refractivity contribution in [3.63, 3.8) is 0 Å². The van der Waals surface area contributed by atoms with E-state index in [1.54, 1.807) is 0 Å². The molecule has 0 atom stereocenters. The minimum absolute atomic E-state index is 0. The third-order valence-corrected chi connectivity index (χ3v) is 1.60. The van der Waals surface area contributed by atoms with Crippen molar-refractivity contribution in [1.82, 2.24) is 0 Å². The van der Waals surface area contributed by atoms with Crippen molar-refractivity contribution >= 4 is 11.6 Å². The van der Waals surface area contributed by atoms with Crippen LogP contribution in [0.25, 0.3) is 0 Å². The van der Waals surface area contributed by atoms with Crippen molar-refractivity contribution in [1.29, 1.82) is 0 Å². The minimum Gasteiger partial charge on any atom is -0.299 e. The molecule has 0 N–H and O–H groups in total. The van der Waals surface area contributed by atoms with E-state index >= 15 is 0 Å². The van der Waals surface area contributed by atoms with Gasteiger partial charge in [-0.05, 0) is 6.42 Å². The van der Waals surface area contributed by atoms with Gasteiger partial charge in [-0.2, -0.15) is 0 Å². The SMILES string of the molecule is CCCCCC(=O)CC(=O)CF.[Ag+]. The van der Waals surface area contributed by atoms with E-state index in [0.29, 0.717) is 6.42 Å². The molecule has 0 radical (unpaired) electrons. The molecule has 0 spiro atoms. The predicted octanol–water partition coefficient (Wildman–Crippen LogP) is 2.06. The largest absolute Gasteiger partial charge is 1.00 e. The standard InChI is InChI=1S/C9H15FO2.Ag/c1-2-3-4-5-8(11)6-9(12)7-10;/h2-7H2,1H3;/q;+1. The molecule has 0 aliphatic carbocycles. The van der Waals surface area contributed by atoms with Crippen LogP contribution in [0.5, 0.6) is 0 Å². The summed E-state index contributed by atoms with van der Waals surface area (Å²) in [6.45, 7) is 1.02. The molecule has 0 aliphatic heterocycles. The van der Waals surface area contributed by atoms with Gasteiger partial charge in [-0.1, -0.05) is 19.8 Å². The van der Waals surface area contributed by atoms with Crippen LogP contribution in [-0.2, 0) is 32.0 Å². The molecule has 0 unspecified atom stereocenters. The average Bonchev–Trinajstić information content (AvgIpc) is 2.05. The molecular formula is C9H15AgFO2+. The second kappa shape index (κ2) is 10.1. The van der Waals surface area contributed by atoms with E-state index in [4.69, 9.17) is 0 Å². The van der Waals surface area contributed by atoms with Gasteiger partial charge < -0.3 is 0 Å². The van der Waals surface area contributed by atoms with E-state index in [1.807, 2.05) is 6.92 Å². The maximum atomic E-state index is 11.6. The van der Waals surface area contributed by atoms with Crippen LogP contribution in [0.2, 0.25) is 0 Å². The van der Waals surface area contributed by atoms with Crippen molar-refractivity contribution in [2.45, 2.75) is 39.0 Å². The zero-order valence-electron chi connectivity index (χ0n) is 7.74. The van der Waals surface area contributed by atoms with Crippen LogP contribution in [0.4, 0.5) is 4.39 Å². The molecule has 0 saturated carbocycles. The van der Waals surface area contributed by atoms with Crippen LogP contribution in [-0.4, -0.2) is 18.2 Å². The summed E-state index contributed by atoms with van der Waals surface area (Å²) >= 11 is 0. The number of unbranched alkanes of at least 4 members (excludes halogenated alkanes) is 2. The summed E-state index contributed by atoms with van der Waals surface area (Å²) in [4.78, 5) is 21.4. The van der Waals surface area contributed by atoms with Crippen LogP contribution < -0.4 is 0 Å². The number of ketones is 2. The van der Waals surface area contributed by atoms with Gasteiger partial charge in [0.15, 0.2) is 5.78 Å². The second-order valence-electron chi connectivity index (χ2n) is 2.84. The minimum atomic E-state index is -1.01. The molecule has 0 amide bonds. The molecule has 0 fully saturated rings. The van der Waals surface area contributed by atoms with E-state index in [9.17, 15) is 14.0 Å². The van der Waals surface area contributed by atoms with Gasteiger partial charge in [-0.25, -0.2) is 4.39 Å². The molecular weight excluding hydrogens is 267 g/mol. The van der Waals surface area contributed by atoms with Crippen LogP contribution in [0, 0.1) is 0 Å². The Hall–Kier alpha value is 0.0103. The fourth-order valence-corrected chi connectivity index (χ4v) is 0.928. The fraction of sp³-hybridized carbons (Fsp3) is 0.778. The Morgan fingerprint density at radius 3 is 2.23 bits per heavy atom. The molecule has 0 aromatic heterocycles. The molecule has 2 nitrogen and oxygen atoms in total. The second-order valence-corrected chi connectivity index (χ2v) is 2.84. The van der Waals surface area contributed by atoms with Crippen molar-refractivity contribution in [2.75, 3.05) is 6.67 Å². The summed E-state index contributed by atoms with van der Waals surface area (Å²) in [5.41, 5.74) is 0. The molecule has 0 heterocycles. The number of carbonyl (C=O) groups excluding carboxylic acids is 2. The molecule has 13 heavy (non-hydrogen) atoms. The van der Waals surface area contributed by atoms with Crippen LogP contribution in [0.3, 0.4) is 0 Å². The number of hydrogen-bond donors (Lipinski definition) is 0. The molecule has 0 saturated heterocycles. The monoisotopic (exact) mass is 281 g/mol. The van der Waals surface area contributed by atoms with Crippen LogP contribution in [0.1, 0.15) is 39.0 Å². The zero-order valence-corrected chi connectivity index (χ0v) is 9.22. The third kappa shape index (κ3) is 9.93. The number of hydrogen-bond acceptors (Lipinski definition) is 2. The molecule has 4 heteroatoms. The Labute approximate surface area is 93.8 Å². The summed E-state index contributed by atoms with van der Waals surface area (Å²) in [7, 11) is 0. The van der Waals surface area contributed by atoms with Gasteiger partial charge in [-0.15, -0.1) is 0 Å². The molecule has 0 aromatic rings. The number of rotatable bonds is 7. The van der Waals surface area contributed by atoms with Crippen molar-refractivity contribution in [2.24, 2.45) is 0 Å². The van der Waals surface area contributed by atoms with Crippen LogP contribution >= 0.6 is 0 Å². The van der Waals surface area contributed by atoms with E-state index < -0.39 is 12.5 Å². The number of halogens is 1. The summed E-state index contributed by atoms with van der Waals surface area (Å²) in [6, 6.07) is 0. The first-order valence-corrected chi connectivity index (χ1v) is 4.30. The Bertz CT molecular complexity index is 160. The number of carbonyl (C=O) groups is 2. The van der Waals surface area contributed by atoms with E-state index in [0.717, 1.165) is 19.3 Å². The Morgan fingerprint density at radius 1 is 1.15 bits per heavy atom. The van der Waals surface area contributed by atoms with Crippen molar-refractivity contribution in [3.8, 4) is 0 Å². The normalized spacial score (nSPS) is 9.08. The maximum absolute atomic E-state index is 11.6. The average molecular weight is 282 g/mol. The molecule has 80 valence electrons. The van der Waals surface area contributed by atoms with E-state index in [2.05, 4.69) is 0 Å². The van der Waals surface area contributed by atoms with Crippen molar-refractivity contribution < 1.29 is 36.4 Å². The van der Waals surface area contributed by atoms with Crippen LogP contribution in [0.15, 0.2) is 0 Å². The summed E-state index contributed by atoms with van der Waals surface area (Å²) in [5, 5.41) is 0. The molecule has 0 aromatic carbocycles. The predicted molar refractivity (Wildman–Crippen MR) is 44.7 cm³/mol. The van der Waals surface area contributed by atoms with Gasteiger partial charge in [0.25, 0.3) is 0 Å². The number of alkyl halides is 1. The Balaban J connectivity index is 0. The number of Topliss-reactive ketones (excluding diaryl/α,β-unsaturated/α-hetero) is 2. The molecule has 0 bridgehead atoms. The van der Waals surface area contributed by atoms with E-state index in [1.165, 1.54) is 0 Å². The smallest absolute Gasteiger partial charge is 0.299 e. The van der Waals surface area contributed by atoms with Gasteiger partial charge in [0, 0.05) is 6.42 Å². The Kier molecular flexibility index (Phi) is 12.0. The van der Waals surface area contributed by atoms with E-state index in [-0.39, 0.29) is 34.6 Å². The topological polar surface area (TPSA) is 34.1 Å². The zero-order chi connectivity index (χ0) is 9.40. The van der Waals surface area contributed by atoms with Crippen molar-refractivity contribution in [3.05, 3.63) is 0 Å². The molecule has 0 aliphatic rings. The van der Waals surface area contributed by atoms with Gasteiger partial charge >= 0.3 is 22.4 Å². The molecule has 0 rings (SSSR count). The van der Waals surface area contributed by atoms with Gasteiger partial charge in [0.2, 0.25) is 0 Å². The maximum Gasteiger partial charge on any atom is 1.00 e. The van der Waals surface area contributed by atoms with Gasteiger partial charge in [0.1, 0.15) is 12.5 Å². The first kappa shape index (κ1) is 15.5. The summed E-state index contributed by atoms with van der Waals surface area (Å²) < 4.78 is 11.6. The fourth-order valence-electron chi connectivity index (χ4n) is 0.928. The van der Waals surface area contributed by atoms with Gasteiger partial charge in [-0.3, -0.25) is 9.59 Å². The van der Waals surface area contributed by atoms with Gasteiger partial charge in [0.05, 0.1) is 6.42 Å². The first-order valence-electron chi connectivity index (χ1n) is 4.30.